The van der Waals surface area contributed by atoms with E-state index in [0.29, 0.717) is 25.3 Å². The zero-order valence-electron chi connectivity index (χ0n) is 18.2. The number of nitrogens with two attached hydrogens (primary N) is 1. The van der Waals surface area contributed by atoms with E-state index in [1.54, 1.807) is 42.6 Å². The summed E-state index contributed by atoms with van der Waals surface area (Å²) in [6.07, 6.45) is 2.00. The Balaban J connectivity index is 1.45. The van der Waals surface area contributed by atoms with Crippen LogP contribution in [0.5, 0.6) is 5.75 Å². The van der Waals surface area contributed by atoms with Gasteiger partial charge in [-0.25, -0.2) is 4.98 Å². The molecule has 1 aromatic heterocycles. The van der Waals surface area contributed by atoms with Crippen LogP contribution < -0.4 is 16.4 Å². The molecule has 1 amide bonds. The molecule has 0 aliphatic rings. The number of carbonyl (C=O) groups is 1. The van der Waals surface area contributed by atoms with Gasteiger partial charge >= 0.3 is 0 Å². The molecule has 0 radical (unpaired) electrons. The van der Waals surface area contributed by atoms with Gasteiger partial charge in [0.25, 0.3) is 0 Å². The Morgan fingerprint density at radius 2 is 1.81 bits per heavy atom. The van der Waals surface area contributed by atoms with E-state index in [9.17, 15) is 15.0 Å². The van der Waals surface area contributed by atoms with Gasteiger partial charge in [-0.3, -0.25) is 4.79 Å². The fourth-order valence-electron chi connectivity index (χ4n) is 3.40. The highest BCUT2D eigenvalue weighted by Crippen LogP contribution is 2.13. The second kappa shape index (κ2) is 11.3. The lowest BCUT2D eigenvalue weighted by Gasteiger charge is -2.18. The zero-order chi connectivity index (χ0) is 22.9. The lowest BCUT2D eigenvalue weighted by atomic mass is 10.0. The van der Waals surface area contributed by atoms with E-state index in [4.69, 9.17) is 5.73 Å². The first kappa shape index (κ1) is 23.2. The van der Waals surface area contributed by atoms with Crippen LogP contribution in [0.2, 0.25) is 0 Å². The fraction of sp³-hybridized carbons (Fsp3) is 0.280. The van der Waals surface area contributed by atoms with Gasteiger partial charge in [0, 0.05) is 30.9 Å². The number of hydrogen-bond donors (Lipinski definition) is 5. The number of aromatic nitrogens is 1. The summed E-state index contributed by atoms with van der Waals surface area (Å²) in [4.78, 5) is 16.3. The van der Waals surface area contributed by atoms with Gasteiger partial charge in [-0.1, -0.05) is 42.5 Å². The number of aromatic hydroxyl groups is 1. The third kappa shape index (κ3) is 7.37. The summed E-state index contributed by atoms with van der Waals surface area (Å²) in [5.41, 5.74) is 9.31. The number of phenols is 1. The van der Waals surface area contributed by atoms with Gasteiger partial charge in [-0.2, -0.15) is 0 Å². The van der Waals surface area contributed by atoms with Crippen LogP contribution >= 0.6 is 0 Å². The summed E-state index contributed by atoms with van der Waals surface area (Å²) in [6, 6.07) is 18.3. The van der Waals surface area contributed by atoms with Crippen LogP contribution in [0.3, 0.4) is 0 Å². The molecule has 0 spiro atoms. The first-order chi connectivity index (χ1) is 15.4. The molecular weight excluding hydrogens is 404 g/mol. The Hall–Kier alpha value is -3.42. The number of rotatable bonds is 10. The maximum Gasteiger partial charge on any atom is 0.224 e. The fourth-order valence-corrected chi connectivity index (χ4v) is 3.40. The molecule has 0 unspecified atom stereocenters. The molecule has 0 saturated carbocycles. The van der Waals surface area contributed by atoms with Crippen molar-refractivity contribution in [1.82, 2.24) is 15.6 Å². The second-order valence-electron chi connectivity index (χ2n) is 7.99. The van der Waals surface area contributed by atoms with Crippen LogP contribution in [0, 0.1) is 0 Å². The van der Waals surface area contributed by atoms with Crippen molar-refractivity contribution in [2.45, 2.75) is 38.5 Å². The van der Waals surface area contributed by atoms with Gasteiger partial charge in [0.15, 0.2) is 0 Å². The van der Waals surface area contributed by atoms with Crippen LogP contribution in [0.15, 0.2) is 66.9 Å². The SMILES string of the molecule is C[C@H](Cc1cccc(CC(=O)NCc2ccc(O)cc2)c1)NC[C@@H](O)c1ccc(N)nc1. The molecular formula is C25H30N4O3. The van der Waals surface area contributed by atoms with E-state index in [1.807, 2.05) is 24.3 Å². The van der Waals surface area contributed by atoms with Gasteiger partial charge in [-0.15, -0.1) is 0 Å². The van der Waals surface area contributed by atoms with Crippen molar-refractivity contribution < 1.29 is 15.0 Å². The molecule has 2 atom stereocenters. The monoisotopic (exact) mass is 434 g/mol. The van der Waals surface area contributed by atoms with E-state index in [-0.39, 0.29) is 17.7 Å². The molecule has 0 fully saturated rings. The number of nitrogen functional groups attached to an aromatic ring is 1. The molecule has 3 rings (SSSR count). The second-order valence-corrected chi connectivity index (χ2v) is 7.99. The van der Waals surface area contributed by atoms with Gasteiger partial charge in [0.2, 0.25) is 5.91 Å². The quantitative estimate of drug-likeness (QED) is 0.334. The number of nitrogens with zero attached hydrogens (tertiary/aromatic N) is 1. The number of aliphatic hydroxyl groups excluding tert-OH is 1. The first-order valence-electron chi connectivity index (χ1n) is 10.6. The predicted octanol–water partition coefficient (Wildman–Crippen LogP) is 2.48. The highest BCUT2D eigenvalue weighted by molar-refractivity contribution is 5.78. The third-order valence-corrected chi connectivity index (χ3v) is 5.18. The summed E-state index contributed by atoms with van der Waals surface area (Å²) in [5.74, 6) is 0.579. The molecule has 7 heteroatoms. The summed E-state index contributed by atoms with van der Waals surface area (Å²) in [5, 5.41) is 25.9. The molecule has 0 aliphatic heterocycles. The summed E-state index contributed by atoms with van der Waals surface area (Å²) < 4.78 is 0. The number of hydrogen-bond acceptors (Lipinski definition) is 6. The lowest BCUT2D eigenvalue weighted by Crippen LogP contribution is -2.32. The van der Waals surface area contributed by atoms with Crippen molar-refractivity contribution in [1.29, 1.82) is 0 Å². The highest BCUT2D eigenvalue weighted by atomic mass is 16.3. The highest BCUT2D eigenvalue weighted by Gasteiger charge is 2.11. The van der Waals surface area contributed by atoms with Crippen molar-refractivity contribution in [3.8, 4) is 5.75 Å². The Kier molecular flexibility index (Phi) is 8.19. The van der Waals surface area contributed by atoms with Crippen molar-refractivity contribution >= 4 is 11.7 Å². The Bertz CT molecular complexity index is 1010. The van der Waals surface area contributed by atoms with Crippen molar-refractivity contribution in [3.63, 3.8) is 0 Å². The Morgan fingerprint density at radius 3 is 2.53 bits per heavy atom. The molecule has 1 heterocycles. The molecule has 2 aromatic carbocycles. The van der Waals surface area contributed by atoms with Crippen molar-refractivity contribution in [3.05, 3.63) is 89.1 Å². The first-order valence-corrected chi connectivity index (χ1v) is 10.6. The molecule has 0 bridgehead atoms. The van der Waals surface area contributed by atoms with E-state index >= 15 is 0 Å². The van der Waals surface area contributed by atoms with Crippen LogP contribution in [0.4, 0.5) is 5.82 Å². The Morgan fingerprint density at radius 1 is 1.06 bits per heavy atom. The Labute approximate surface area is 188 Å². The maximum absolute atomic E-state index is 12.3. The summed E-state index contributed by atoms with van der Waals surface area (Å²) in [7, 11) is 0. The zero-order valence-corrected chi connectivity index (χ0v) is 18.2. The molecule has 3 aromatic rings. The van der Waals surface area contributed by atoms with E-state index < -0.39 is 6.10 Å². The number of amides is 1. The minimum absolute atomic E-state index is 0.0540. The number of pyridine rings is 1. The molecule has 6 N–H and O–H groups in total. The minimum Gasteiger partial charge on any atom is -0.508 e. The molecule has 0 aliphatic carbocycles. The summed E-state index contributed by atoms with van der Waals surface area (Å²) in [6.45, 7) is 2.89. The van der Waals surface area contributed by atoms with Crippen LogP contribution in [-0.4, -0.2) is 33.7 Å². The largest absolute Gasteiger partial charge is 0.508 e. The number of anilines is 1. The molecule has 0 saturated heterocycles. The average Bonchev–Trinajstić information content (AvgIpc) is 2.78. The average molecular weight is 435 g/mol. The molecule has 32 heavy (non-hydrogen) atoms. The van der Waals surface area contributed by atoms with Gasteiger partial charge in [-0.05, 0) is 48.2 Å². The van der Waals surface area contributed by atoms with Gasteiger partial charge in [0.1, 0.15) is 11.6 Å². The number of phenolic OH excluding ortho intramolecular Hbond substituents is 1. The van der Waals surface area contributed by atoms with Crippen molar-refractivity contribution in [2.75, 3.05) is 12.3 Å². The number of nitrogens with one attached hydrogen (secondary N) is 2. The van der Waals surface area contributed by atoms with E-state index in [0.717, 1.165) is 28.7 Å². The predicted molar refractivity (Wildman–Crippen MR) is 125 cm³/mol. The van der Waals surface area contributed by atoms with Gasteiger partial charge in [0.05, 0.1) is 12.5 Å². The normalized spacial score (nSPS) is 12.8. The maximum atomic E-state index is 12.3. The van der Waals surface area contributed by atoms with E-state index in [1.165, 1.54) is 0 Å². The third-order valence-electron chi connectivity index (χ3n) is 5.18. The number of aliphatic hydroxyl groups is 1. The minimum atomic E-state index is -0.658. The molecule has 7 nitrogen and oxygen atoms in total. The summed E-state index contributed by atoms with van der Waals surface area (Å²) >= 11 is 0. The smallest absolute Gasteiger partial charge is 0.224 e. The van der Waals surface area contributed by atoms with Crippen LogP contribution in [0.25, 0.3) is 0 Å². The standard InChI is InChI=1S/C25H30N4O3/c1-17(27-16-23(31)21-7-10-24(26)28-15-21)11-19-3-2-4-20(12-19)13-25(32)29-14-18-5-8-22(30)9-6-18/h2-10,12,15,17,23,27,30-31H,11,13-14,16H2,1H3,(H2,26,28)(H,29,32)/t17-,23-/m1/s1. The van der Waals surface area contributed by atoms with Crippen LogP contribution in [-0.2, 0) is 24.2 Å². The van der Waals surface area contributed by atoms with E-state index in [2.05, 4.69) is 22.5 Å². The number of benzene rings is 2. The van der Waals surface area contributed by atoms with Gasteiger partial charge < -0.3 is 26.6 Å². The topological polar surface area (TPSA) is 120 Å². The van der Waals surface area contributed by atoms with Crippen LogP contribution in [0.1, 0.15) is 35.3 Å². The number of carbonyl (C=O) groups excluding carboxylic acids is 1. The van der Waals surface area contributed by atoms with Crippen molar-refractivity contribution in [2.24, 2.45) is 0 Å². The molecule has 168 valence electrons. The lowest BCUT2D eigenvalue weighted by molar-refractivity contribution is -0.120.